The second-order valence-electron chi connectivity index (χ2n) is 4.73. The highest BCUT2D eigenvalue weighted by atomic mass is 35.5. The number of halogens is 1. The molecule has 3 nitrogen and oxygen atoms in total. The van der Waals surface area contributed by atoms with Crippen LogP contribution in [-0.4, -0.2) is 13.2 Å². The molecule has 0 saturated heterocycles. The Morgan fingerprint density at radius 1 is 1.31 bits per heavy atom. The van der Waals surface area contributed by atoms with Crippen molar-refractivity contribution >= 4 is 27.1 Å². The fraction of sp³-hybridized carbons (Fsp3) is 0.455. The Hall–Kier alpha value is -0.740. The third kappa shape index (κ3) is 2.89. The smallest absolute Gasteiger partial charge is 0.159 e. The third-order valence-electron chi connectivity index (χ3n) is 2.35. The summed E-state index contributed by atoms with van der Waals surface area (Å²) in [7, 11) is -3.18. The van der Waals surface area contributed by atoms with Gasteiger partial charge in [-0.1, -0.05) is 17.7 Å². The van der Waals surface area contributed by atoms with Gasteiger partial charge in [-0.25, -0.2) is 8.42 Å². The second kappa shape index (κ2) is 4.26. The molecule has 0 bridgehead atoms. The average molecular weight is 262 g/mol. The van der Waals surface area contributed by atoms with Gasteiger partial charge in [0, 0.05) is 0 Å². The fourth-order valence-corrected chi connectivity index (χ4v) is 2.29. The van der Waals surface area contributed by atoms with Crippen molar-refractivity contribution in [3.05, 3.63) is 28.8 Å². The topological polar surface area (TPSA) is 60.2 Å². The predicted octanol–water partition coefficient (Wildman–Crippen LogP) is 2.64. The van der Waals surface area contributed by atoms with Crippen molar-refractivity contribution in [1.29, 1.82) is 0 Å². The number of rotatable bonds is 2. The molecule has 1 aromatic rings. The van der Waals surface area contributed by atoms with Gasteiger partial charge in [0.15, 0.2) is 9.84 Å². The van der Waals surface area contributed by atoms with Gasteiger partial charge in [-0.2, -0.15) is 0 Å². The van der Waals surface area contributed by atoms with Crippen LogP contribution in [-0.2, 0) is 15.6 Å². The van der Waals surface area contributed by atoms with Crippen LogP contribution < -0.4 is 5.73 Å². The normalized spacial score (nSPS) is 12.8. The van der Waals surface area contributed by atoms with Crippen LogP contribution in [0.5, 0.6) is 0 Å². The first kappa shape index (κ1) is 13.3. The summed E-state index contributed by atoms with van der Waals surface area (Å²) in [4.78, 5) is 0. The molecule has 90 valence electrons. The van der Waals surface area contributed by atoms with Crippen molar-refractivity contribution in [2.24, 2.45) is 0 Å². The van der Waals surface area contributed by atoms with E-state index >= 15 is 0 Å². The lowest BCUT2D eigenvalue weighted by Gasteiger charge is -2.19. The fourth-order valence-electron chi connectivity index (χ4n) is 1.12. The van der Waals surface area contributed by atoms with Crippen LogP contribution in [0.4, 0.5) is 5.69 Å². The number of nitrogen functional groups attached to an aromatic ring is 1. The van der Waals surface area contributed by atoms with Gasteiger partial charge in [0.25, 0.3) is 0 Å². The molecule has 0 aromatic heterocycles. The minimum Gasteiger partial charge on any atom is -0.398 e. The summed E-state index contributed by atoms with van der Waals surface area (Å²) < 4.78 is 23.1. The lowest BCUT2D eigenvalue weighted by Crippen LogP contribution is -2.29. The summed E-state index contributed by atoms with van der Waals surface area (Å²) >= 11 is 5.77. The van der Waals surface area contributed by atoms with E-state index in [-0.39, 0.29) is 5.75 Å². The molecule has 0 fully saturated rings. The maximum Gasteiger partial charge on any atom is 0.159 e. The van der Waals surface area contributed by atoms with Crippen molar-refractivity contribution in [3.63, 3.8) is 0 Å². The molecule has 0 heterocycles. The second-order valence-corrected chi connectivity index (χ2v) is 7.88. The minimum absolute atomic E-state index is 0.0160. The summed E-state index contributed by atoms with van der Waals surface area (Å²) in [6.45, 7) is 5.05. The maximum atomic E-state index is 11.9. The van der Waals surface area contributed by atoms with E-state index in [0.717, 1.165) is 0 Å². The van der Waals surface area contributed by atoms with Crippen LogP contribution in [0, 0.1) is 0 Å². The van der Waals surface area contributed by atoms with Gasteiger partial charge in [-0.05, 0) is 38.5 Å². The monoisotopic (exact) mass is 261 g/mol. The quantitative estimate of drug-likeness (QED) is 0.833. The molecule has 0 aliphatic carbocycles. The summed E-state index contributed by atoms with van der Waals surface area (Å²) in [5.74, 6) is -0.0160. The van der Waals surface area contributed by atoms with Gasteiger partial charge in [-0.15, -0.1) is 0 Å². The lowest BCUT2D eigenvalue weighted by atomic mass is 10.2. The van der Waals surface area contributed by atoms with Crippen molar-refractivity contribution in [3.8, 4) is 0 Å². The van der Waals surface area contributed by atoms with Gasteiger partial charge in [0.05, 0.1) is 21.2 Å². The van der Waals surface area contributed by atoms with E-state index in [2.05, 4.69) is 0 Å². The maximum absolute atomic E-state index is 11.9. The van der Waals surface area contributed by atoms with Gasteiger partial charge in [-0.3, -0.25) is 0 Å². The van der Waals surface area contributed by atoms with Gasteiger partial charge in [0.1, 0.15) is 0 Å². The summed E-state index contributed by atoms with van der Waals surface area (Å²) in [5, 5.41) is 0.442. The molecule has 5 heteroatoms. The summed E-state index contributed by atoms with van der Waals surface area (Å²) in [5.41, 5.74) is 6.69. The highest BCUT2D eigenvalue weighted by Gasteiger charge is 2.28. The number of sulfone groups is 1. The van der Waals surface area contributed by atoms with E-state index in [1.165, 1.54) is 0 Å². The van der Waals surface area contributed by atoms with Gasteiger partial charge >= 0.3 is 0 Å². The first-order chi connectivity index (χ1) is 7.13. The van der Waals surface area contributed by atoms with Gasteiger partial charge in [0.2, 0.25) is 0 Å². The zero-order valence-corrected chi connectivity index (χ0v) is 11.2. The Labute approximate surface area is 102 Å². The number of anilines is 1. The highest BCUT2D eigenvalue weighted by Crippen LogP contribution is 2.24. The summed E-state index contributed by atoms with van der Waals surface area (Å²) in [6, 6.07) is 4.90. The lowest BCUT2D eigenvalue weighted by molar-refractivity contribution is 0.559. The Bertz CT molecular complexity index is 489. The largest absolute Gasteiger partial charge is 0.398 e. The number of nitrogens with two attached hydrogens (primary N) is 1. The van der Waals surface area contributed by atoms with Crippen LogP contribution in [0.3, 0.4) is 0 Å². The Kier molecular flexibility index (Phi) is 3.55. The van der Waals surface area contributed by atoms with Crippen LogP contribution in [0.1, 0.15) is 26.3 Å². The zero-order chi connectivity index (χ0) is 12.6. The van der Waals surface area contributed by atoms with Crippen molar-refractivity contribution in [2.75, 3.05) is 5.73 Å². The van der Waals surface area contributed by atoms with E-state index in [1.54, 1.807) is 39.0 Å². The Balaban J connectivity index is 3.03. The first-order valence-electron chi connectivity index (χ1n) is 4.90. The standard InChI is InChI=1S/C11H16ClNO2S/c1-11(2,3)16(14,15)7-8-4-5-9(12)10(13)6-8/h4-6H,7,13H2,1-3H3. The molecule has 0 atom stereocenters. The van der Waals surface area contributed by atoms with E-state index in [1.807, 2.05) is 0 Å². The van der Waals surface area contributed by atoms with E-state index < -0.39 is 14.6 Å². The molecule has 2 N–H and O–H groups in total. The predicted molar refractivity (Wildman–Crippen MR) is 68.2 cm³/mol. The molecule has 1 rings (SSSR count). The minimum atomic E-state index is -3.18. The molecule has 0 aliphatic heterocycles. The zero-order valence-electron chi connectivity index (χ0n) is 9.62. The highest BCUT2D eigenvalue weighted by molar-refractivity contribution is 7.91. The van der Waals surface area contributed by atoms with Crippen LogP contribution >= 0.6 is 11.6 Å². The van der Waals surface area contributed by atoms with Crippen LogP contribution in [0.25, 0.3) is 0 Å². The molecule has 0 amide bonds. The van der Waals surface area contributed by atoms with Crippen molar-refractivity contribution in [2.45, 2.75) is 31.3 Å². The van der Waals surface area contributed by atoms with Crippen molar-refractivity contribution < 1.29 is 8.42 Å². The molecule has 0 spiro atoms. The average Bonchev–Trinajstić information content (AvgIpc) is 2.09. The SMILES string of the molecule is CC(C)(C)S(=O)(=O)Cc1ccc(Cl)c(N)c1. The number of hydrogen-bond acceptors (Lipinski definition) is 3. The molecule has 0 radical (unpaired) electrons. The van der Waals surface area contributed by atoms with Gasteiger partial charge < -0.3 is 5.73 Å². The van der Waals surface area contributed by atoms with E-state index in [4.69, 9.17) is 17.3 Å². The summed E-state index contributed by atoms with van der Waals surface area (Å²) in [6.07, 6.45) is 0. The Morgan fingerprint density at radius 2 is 1.88 bits per heavy atom. The van der Waals surface area contributed by atoms with E-state index in [9.17, 15) is 8.42 Å². The molecule has 0 unspecified atom stereocenters. The molecular formula is C11H16ClNO2S. The van der Waals surface area contributed by atoms with Crippen LogP contribution in [0.15, 0.2) is 18.2 Å². The third-order valence-corrected chi connectivity index (χ3v) is 5.27. The Morgan fingerprint density at radius 3 is 2.31 bits per heavy atom. The number of benzene rings is 1. The number of hydrogen-bond donors (Lipinski definition) is 1. The molecular weight excluding hydrogens is 246 g/mol. The molecule has 0 saturated carbocycles. The molecule has 1 aromatic carbocycles. The molecule has 0 aliphatic rings. The molecule has 16 heavy (non-hydrogen) atoms. The first-order valence-corrected chi connectivity index (χ1v) is 6.93. The van der Waals surface area contributed by atoms with Crippen LogP contribution in [0.2, 0.25) is 5.02 Å². The van der Waals surface area contributed by atoms with E-state index in [0.29, 0.717) is 16.3 Å². The van der Waals surface area contributed by atoms with Crippen molar-refractivity contribution in [1.82, 2.24) is 0 Å².